The fourth-order valence-corrected chi connectivity index (χ4v) is 11.7. The Labute approximate surface area is 513 Å². The Kier molecular flexibility index (Phi) is 26.0. The molecule has 0 aliphatic heterocycles. The molecular formula is C75H121NO6S. The number of esters is 1. The molecule has 0 radical (unpaired) electrons. The summed E-state index contributed by atoms with van der Waals surface area (Å²) in [5.41, 5.74) is 10.6. The lowest BCUT2D eigenvalue weighted by Gasteiger charge is -2.32. The van der Waals surface area contributed by atoms with Crippen LogP contribution >= 0.6 is 11.8 Å². The van der Waals surface area contributed by atoms with Crippen LogP contribution in [-0.4, -0.2) is 43.7 Å². The zero-order valence-corrected chi connectivity index (χ0v) is 58.4. The van der Waals surface area contributed by atoms with Gasteiger partial charge >= 0.3 is 5.97 Å². The maximum atomic E-state index is 12.1. The summed E-state index contributed by atoms with van der Waals surface area (Å²) in [6, 6.07) is 17.3. The van der Waals surface area contributed by atoms with Crippen molar-refractivity contribution in [1.29, 1.82) is 0 Å². The van der Waals surface area contributed by atoms with Crippen LogP contribution in [-0.2, 0) is 78.2 Å². The molecule has 8 heteroatoms. The number of carbonyl (C=O) groups excluding carboxylic acids is 1. The van der Waals surface area contributed by atoms with Gasteiger partial charge in [0.1, 0.15) is 23.0 Å². The maximum Gasteiger partial charge on any atom is 0.315 e. The highest BCUT2D eigenvalue weighted by Gasteiger charge is 2.32. The minimum absolute atomic E-state index is 0.122. The fourth-order valence-electron chi connectivity index (χ4n) is 10.9. The Bertz CT molecular complexity index is 2370. The van der Waals surface area contributed by atoms with Gasteiger partial charge in [0.25, 0.3) is 0 Å². The van der Waals surface area contributed by atoms with Gasteiger partial charge in [-0.3, -0.25) is 9.69 Å². The summed E-state index contributed by atoms with van der Waals surface area (Å²) >= 11 is 1.59. The van der Waals surface area contributed by atoms with E-state index >= 15 is 0 Å². The number of rotatable bonds is 22. The molecule has 4 N–H and O–H groups in total. The SMILES string of the molecule is CC(C)(C)c1cc(CN(Cc2cc(C(C)(C)C)c(O)c(C(C)(C)C)c2)Cc2cc(C(C)(C)C)c(O)c(C(C)(C)C)c2)cc(C(C)(C)C)c1O.CCCCCCCCCCCCCOC(=O)CSCc1cc(C(C)(C)C)c(O)c(C(C)(C)C)c1. The molecule has 0 fully saturated rings. The van der Waals surface area contributed by atoms with Gasteiger partial charge in [-0.05, 0) is 117 Å². The van der Waals surface area contributed by atoms with Crippen molar-refractivity contribution >= 4 is 17.7 Å². The predicted molar refractivity (Wildman–Crippen MR) is 359 cm³/mol. The average Bonchev–Trinajstić information content (AvgIpc) is 3.47. The van der Waals surface area contributed by atoms with Gasteiger partial charge < -0.3 is 25.2 Å². The second kappa shape index (κ2) is 29.5. The zero-order chi connectivity index (χ0) is 63.5. The largest absolute Gasteiger partial charge is 0.507 e. The first-order valence-electron chi connectivity index (χ1n) is 31.7. The van der Waals surface area contributed by atoms with Crippen molar-refractivity contribution in [3.05, 3.63) is 115 Å². The van der Waals surface area contributed by atoms with Gasteiger partial charge in [-0.15, -0.1) is 11.8 Å². The van der Waals surface area contributed by atoms with Crippen LogP contribution < -0.4 is 0 Å². The molecule has 0 atom stereocenters. The van der Waals surface area contributed by atoms with Gasteiger partial charge in [0.2, 0.25) is 0 Å². The summed E-state index contributed by atoms with van der Waals surface area (Å²) < 4.78 is 5.44. The second-order valence-corrected chi connectivity index (χ2v) is 33.5. The monoisotopic (exact) mass is 1160 g/mol. The normalized spacial score (nSPS) is 13.1. The highest BCUT2D eigenvalue weighted by atomic mass is 32.2. The van der Waals surface area contributed by atoms with Crippen molar-refractivity contribution < 1.29 is 30.0 Å². The van der Waals surface area contributed by atoms with Crippen molar-refractivity contribution in [2.75, 3.05) is 12.4 Å². The maximum absolute atomic E-state index is 12.1. The van der Waals surface area contributed by atoms with Crippen LogP contribution in [0, 0.1) is 0 Å². The Morgan fingerprint density at radius 1 is 0.361 bits per heavy atom. The van der Waals surface area contributed by atoms with Crippen LogP contribution in [0.4, 0.5) is 0 Å². The van der Waals surface area contributed by atoms with E-state index in [4.69, 9.17) is 4.74 Å². The summed E-state index contributed by atoms with van der Waals surface area (Å²) in [4.78, 5) is 14.6. The highest BCUT2D eigenvalue weighted by molar-refractivity contribution is 7.99. The number of carbonyl (C=O) groups is 1. The van der Waals surface area contributed by atoms with E-state index < -0.39 is 0 Å². The van der Waals surface area contributed by atoms with Crippen LogP contribution in [0.5, 0.6) is 23.0 Å². The summed E-state index contributed by atoms with van der Waals surface area (Å²) in [6.07, 6.45) is 14.2. The predicted octanol–water partition coefficient (Wildman–Crippen LogP) is 20.9. The number of phenolic OH excluding ortho intramolecular Hbond substituents is 4. The lowest BCUT2D eigenvalue weighted by Crippen LogP contribution is -2.26. The Morgan fingerprint density at radius 2 is 0.578 bits per heavy atom. The number of hydrogen-bond donors (Lipinski definition) is 4. The molecule has 4 rings (SSSR count). The van der Waals surface area contributed by atoms with Gasteiger partial charge in [-0.2, -0.15) is 0 Å². The molecule has 0 bridgehead atoms. The molecule has 468 valence electrons. The van der Waals surface area contributed by atoms with Crippen molar-refractivity contribution in [3.8, 4) is 23.0 Å². The average molecular weight is 1160 g/mol. The summed E-state index contributed by atoms with van der Waals surface area (Å²) in [5, 5.41) is 45.4. The number of hydrogen-bond acceptors (Lipinski definition) is 8. The van der Waals surface area contributed by atoms with E-state index in [1.807, 2.05) is 0 Å². The first kappa shape index (κ1) is 73.1. The quantitative estimate of drug-likeness (QED) is 0.0455. The number of thioether (sulfide) groups is 1. The fraction of sp³-hybridized carbons (Fsp3) is 0.667. The standard InChI is InChI=1S/C45H69NO3.C30H52O3S/c1-40(2,3)31-19-28(20-32(37(31)47)41(4,5)6)25-46(26-29-21-33(42(7,8)9)38(48)34(22-29)43(10,11)12)27-30-23-35(44(13,14)15)39(49)36(24-30)45(16,17)18;1-8-9-10-11-12-13-14-15-16-17-18-19-33-27(31)23-34-22-24-20-25(29(2,3)4)28(32)26(21-24)30(5,6)7/h19-24,47-49H,25-27H2,1-18H3;20-21,32H,8-19,22-23H2,1-7H3. The van der Waals surface area contributed by atoms with Gasteiger partial charge in [0.05, 0.1) is 12.4 Å². The van der Waals surface area contributed by atoms with E-state index in [9.17, 15) is 25.2 Å². The number of benzene rings is 4. The minimum Gasteiger partial charge on any atom is -0.507 e. The first-order chi connectivity index (χ1) is 37.8. The van der Waals surface area contributed by atoms with E-state index in [-0.39, 0.29) is 49.3 Å². The van der Waals surface area contributed by atoms with Gasteiger partial charge in [-0.25, -0.2) is 0 Å². The van der Waals surface area contributed by atoms with Gasteiger partial charge in [-0.1, -0.05) is 286 Å². The van der Waals surface area contributed by atoms with Crippen molar-refractivity contribution in [2.24, 2.45) is 0 Å². The van der Waals surface area contributed by atoms with Gasteiger partial charge in [0, 0.05) is 25.4 Å². The lowest BCUT2D eigenvalue weighted by molar-refractivity contribution is -0.140. The molecule has 0 saturated heterocycles. The molecule has 4 aromatic rings. The molecule has 0 aromatic heterocycles. The molecule has 0 unspecified atom stereocenters. The summed E-state index contributed by atoms with van der Waals surface area (Å²) in [6.45, 7) is 56.4. The third-order valence-electron chi connectivity index (χ3n) is 15.9. The number of unbranched alkanes of at least 4 members (excludes halogenated alkanes) is 10. The molecule has 0 aliphatic carbocycles. The van der Waals surface area contributed by atoms with E-state index in [1.165, 1.54) is 57.8 Å². The molecule has 7 nitrogen and oxygen atoms in total. The van der Waals surface area contributed by atoms with Crippen LogP contribution in [0.1, 0.15) is 310 Å². The Hall–Kier alpha value is -4.14. The summed E-state index contributed by atoms with van der Waals surface area (Å²) in [5.74, 6) is 2.56. The van der Waals surface area contributed by atoms with Crippen LogP contribution in [0.3, 0.4) is 0 Å². The Balaban J connectivity index is 0.000000466. The van der Waals surface area contributed by atoms with Crippen LogP contribution in [0.2, 0.25) is 0 Å². The Morgan fingerprint density at radius 3 is 0.807 bits per heavy atom. The first-order valence-corrected chi connectivity index (χ1v) is 32.9. The van der Waals surface area contributed by atoms with E-state index in [1.54, 1.807) is 11.8 Å². The number of ether oxygens (including phenoxy) is 1. The lowest BCUT2D eigenvalue weighted by atomic mass is 9.78. The third kappa shape index (κ3) is 22.9. The van der Waals surface area contributed by atoms with Crippen LogP contribution in [0.25, 0.3) is 0 Å². The topological polar surface area (TPSA) is 110 Å². The highest BCUT2D eigenvalue weighted by Crippen LogP contribution is 2.45. The van der Waals surface area contributed by atoms with Crippen molar-refractivity contribution in [3.63, 3.8) is 0 Å². The molecular weight excluding hydrogens is 1040 g/mol. The smallest absolute Gasteiger partial charge is 0.315 e. The molecule has 0 spiro atoms. The molecule has 4 aromatic carbocycles. The molecule has 0 saturated carbocycles. The minimum atomic E-state index is -0.231. The molecule has 83 heavy (non-hydrogen) atoms. The van der Waals surface area contributed by atoms with E-state index in [0.29, 0.717) is 55.0 Å². The molecule has 0 heterocycles. The number of aromatic hydroxyl groups is 4. The molecule has 0 amide bonds. The zero-order valence-electron chi connectivity index (χ0n) is 57.6. The van der Waals surface area contributed by atoms with E-state index in [2.05, 4.69) is 227 Å². The van der Waals surface area contributed by atoms with Crippen molar-refractivity contribution in [1.82, 2.24) is 4.90 Å². The van der Waals surface area contributed by atoms with E-state index in [0.717, 1.165) is 85.4 Å². The number of phenols is 4. The molecule has 0 aliphatic rings. The van der Waals surface area contributed by atoms with Crippen molar-refractivity contribution in [2.45, 2.75) is 312 Å². The van der Waals surface area contributed by atoms with Crippen LogP contribution in [0.15, 0.2) is 48.5 Å². The van der Waals surface area contributed by atoms with Gasteiger partial charge in [0.15, 0.2) is 0 Å². The third-order valence-corrected chi connectivity index (χ3v) is 16.8. The second-order valence-electron chi connectivity index (χ2n) is 32.6. The number of nitrogens with zero attached hydrogens (tertiary/aromatic N) is 1. The summed E-state index contributed by atoms with van der Waals surface area (Å²) in [7, 11) is 0.